The number of nitriles is 1. The topological polar surface area (TPSA) is 83.6 Å². The molecule has 0 saturated heterocycles. The predicted molar refractivity (Wildman–Crippen MR) is 110 cm³/mol. The Hall–Kier alpha value is -2.76. The first-order chi connectivity index (χ1) is 13.0. The highest BCUT2D eigenvalue weighted by Gasteiger charge is 2.15. The van der Waals surface area contributed by atoms with Crippen LogP contribution in [-0.2, 0) is 4.79 Å². The number of benzene rings is 1. The molecule has 136 valence electrons. The fraction of sp³-hybridized carbons (Fsp3) is 0.158. The Labute approximate surface area is 169 Å². The summed E-state index contributed by atoms with van der Waals surface area (Å²) in [6, 6.07) is 13.4. The van der Waals surface area contributed by atoms with Crippen molar-refractivity contribution in [1.29, 1.82) is 5.26 Å². The third-order valence-electron chi connectivity index (χ3n) is 3.70. The second-order valence-electron chi connectivity index (χ2n) is 6.00. The van der Waals surface area contributed by atoms with Crippen LogP contribution in [0.2, 0.25) is 0 Å². The zero-order valence-electron chi connectivity index (χ0n) is 14.7. The molecule has 6 nitrogen and oxygen atoms in total. The summed E-state index contributed by atoms with van der Waals surface area (Å²) in [4.78, 5) is 12.5. The molecular formula is C19H16BrN5OS. The lowest BCUT2D eigenvalue weighted by molar-refractivity contribution is -0.112. The van der Waals surface area contributed by atoms with Gasteiger partial charge in [-0.2, -0.15) is 5.26 Å². The molecule has 2 aromatic heterocycles. The summed E-state index contributed by atoms with van der Waals surface area (Å²) in [6.07, 6.45) is 3.43. The monoisotopic (exact) mass is 441 g/mol. The van der Waals surface area contributed by atoms with Gasteiger partial charge in [-0.1, -0.05) is 41.1 Å². The molecule has 0 aliphatic heterocycles. The van der Waals surface area contributed by atoms with Crippen LogP contribution in [-0.4, -0.2) is 20.7 Å². The average Bonchev–Trinajstić information content (AvgIpc) is 3.29. The molecule has 1 aromatic carbocycles. The van der Waals surface area contributed by atoms with E-state index in [4.69, 9.17) is 0 Å². The van der Waals surface area contributed by atoms with Gasteiger partial charge >= 0.3 is 0 Å². The summed E-state index contributed by atoms with van der Waals surface area (Å²) in [7, 11) is 0. The number of rotatable bonds is 5. The van der Waals surface area contributed by atoms with Crippen molar-refractivity contribution in [1.82, 2.24) is 14.8 Å². The first-order valence-electron chi connectivity index (χ1n) is 8.18. The maximum atomic E-state index is 12.5. The van der Waals surface area contributed by atoms with Crippen molar-refractivity contribution in [3.05, 3.63) is 63.3 Å². The summed E-state index contributed by atoms with van der Waals surface area (Å²) in [5.74, 6) is -0.277. The molecule has 0 fully saturated rings. The van der Waals surface area contributed by atoms with Crippen LogP contribution in [0, 0.1) is 11.3 Å². The van der Waals surface area contributed by atoms with Gasteiger partial charge in [-0.15, -0.1) is 10.2 Å². The Balaban J connectivity index is 1.84. The second kappa shape index (κ2) is 8.29. The minimum Gasteiger partial charge on any atom is -0.317 e. The third kappa shape index (κ3) is 4.51. The smallest absolute Gasteiger partial charge is 0.268 e. The molecule has 3 aromatic rings. The van der Waals surface area contributed by atoms with Crippen molar-refractivity contribution in [2.45, 2.75) is 19.8 Å². The van der Waals surface area contributed by atoms with E-state index < -0.39 is 5.91 Å². The second-order valence-corrected chi connectivity index (χ2v) is 7.93. The molecule has 2 heterocycles. The van der Waals surface area contributed by atoms with Crippen molar-refractivity contribution in [2.24, 2.45) is 0 Å². The standard InChI is InChI=1S/C19H16BrN5OS/c1-12(2)18-23-24-19(27-18)22-17(26)13(11-21)10-16-4-3-9-25(16)15-7-5-14(20)6-8-15/h3-10,12H,1-2H3,(H,22,24,26). The number of carbonyl (C=O) groups excluding carboxylic acids is 1. The van der Waals surface area contributed by atoms with E-state index >= 15 is 0 Å². The number of anilines is 1. The molecule has 0 bridgehead atoms. The normalized spacial score (nSPS) is 11.4. The summed E-state index contributed by atoms with van der Waals surface area (Å²) < 4.78 is 2.88. The maximum Gasteiger partial charge on any atom is 0.268 e. The Bertz CT molecular complexity index is 1030. The van der Waals surface area contributed by atoms with Gasteiger partial charge in [0.15, 0.2) is 0 Å². The maximum absolute atomic E-state index is 12.5. The van der Waals surface area contributed by atoms with Crippen LogP contribution in [0.4, 0.5) is 5.13 Å². The van der Waals surface area contributed by atoms with Crippen LogP contribution in [0.3, 0.4) is 0 Å². The van der Waals surface area contributed by atoms with Gasteiger partial charge in [0, 0.05) is 28.0 Å². The zero-order valence-corrected chi connectivity index (χ0v) is 17.1. The molecule has 0 unspecified atom stereocenters. The van der Waals surface area contributed by atoms with Gasteiger partial charge in [0.25, 0.3) is 5.91 Å². The number of aromatic nitrogens is 3. The summed E-state index contributed by atoms with van der Waals surface area (Å²) >= 11 is 4.72. The van der Waals surface area contributed by atoms with Gasteiger partial charge < -0.3 is 4.57 Å². The number of amides is 1. The molecule has 0 aliphatic rings. The molecule has 0 aliphatic carbocycles. The molecule has 0 radical (unpaired) electrons. The minimum absolute atomic E-state index is 0.00615. The molecule has 27 heavy (non-hydrogen) atoms. The summed E-state index contributed by atoms with van der Waals surface area (Å²) in [5.41, 5.74) is 1.65. The summed E-state index contributed by atoms with van der Waals surface area (Å²) in [6.45, 7) is 4.01. The molecular weight excluding hydrogens is 426 g/mol. The van der Waals surface area contributed by atoms with Crippen molar-refractivity contribution in [3.8, 4) is 11.8 Å². The molecule has 1 amide bonds. The summed E-state index contributed by atoms with van der Waals surface area (Å²) in [5, 5.41) is 21.3. The van der Waals surface area contributed by atoms with E-state index in [1.54, 1.807) is 6.08 Å². The SMILES string of the molecule is CC(C)c1nnc(NC(=O)C(C#N)=Cc2cccn2-c2ccc(Br)cc2)s1. The van der Waals surface area contributed by atoms with Crippen LogP contribution >= 0.6 is 27.3 Å². The molecule has 0 spiro atoms. The number of halogens is 1. The first-order valence-corrected chi connectivity index (χ1v) is 9.78. The Morgan fingerprint density at radius 2 is 2.04 bits per heavy atom. The van der Waals surface area contributed by atoms with Gasteiger partial charge in [-0.25, -0.2) is 0 Å². The van der Waals surface area contributed by atoms with Gasteiger partial charge in [-0.05, 0) is 42.5 Å². The zero-order chi connectivity index (χ0) is 19.4. The molecule has 1 N–H and O–H groups in total. The molecule has 8 heteroatoms. The predicted octanol–water partition coefficient (Wildman–Crippen LogP) is 4.76. The first kappa shape index (κ1) is 19.0. The highest BCUT2D eigenvalue weighted by molar-refractivity contribution is 9.10. The average molecular weight is 442 g/mol. The van der Waals surface area contributed by atoms with Crippen LogP contribution < -0.4 is 5.32 Å². The van der Waals surface area contributed by atoms with Gasteiger partial charge in [0.05, 0.1) is 0 Å². The Morgan fingerprint density at radius 3 is 2.67 bits per heavy atom. The fourth-order valence-corrected chi connectivity index (χ4v) is 3.33. The van der Waals surface area contributed by atoms with Crippen LogP contribution in [0.25, 0.3) is 11.8 Å². The van der Waals surface area contributed by atoms with Crippen LogP contribution in [0.5, 0.6) is 0 Å². The van der Waals surface area contributed by atoms with E-state index in [0.717, 1.165) is 20.9 Å². The number of nitrogens with one attached hydrogen (secondary N) is 1. The molecule has 3 rings (SSSR count). The highest BCUT2D eigenvalue weighted by atomic mass is 79.9. The fourth-order valence-electron chi connectivity index (χ4n) is 2.33. The third-order valence-corrected chi connectivity index (χ3v) is 5.37. The van der Waals surface area contributed by atoms with Crippen LogP contribution in [0.15, 0.2) is 52.6 Å². The van der Waals surface area contributed by atoms with E-state index in [1.807, 2.05) is 67.1 Å². The van der Waals surface area contributed by atoms with E-state index in [0.29, 0.717) is 5.13 Å². The van der Waals surface area contributed by atoms with E-state index in [2.05, 4.69) is 31.4 Å². The number of hydrogen-bond donors (Lipinski definition) is 1. The largest absolute Gasteiger partial charge is 0.317 e. The number of nitrogens with zero attached hydrogens (tertiary/aromatic N) is 4. The number of hydrogen-bond acceptors (Lipinski definition) is 5. The Morgan fingerprint density at radius 1 is 1.30 bits per heavy atom. The molecule has 0 atom stereocenters. The lowest BCUT2D eigenvalue weighted by Gasteiger charge is -2.07. The quantitative estimate of drug-likeness (QED) is 0.456. The molecule has 0 saturated carbocycles. The van der Waals surface area contributed by atoms with E-state index in [-0.39, 0.29) is 11.5 Å². The van der Waals surface area contributed by atoms with Gasteiger partial charge in [0.2, 0.25) is 5.13 Å². The van der Waals surface area contributed by atoms with Gasteiger partial charge in [-0.3, -0.25) is 10.1 Å². The number of carbonyl (C=O) groups is 1. The minimum atomic E-state index is -0.507. The lowest BCUT2D eigenvalue weighted by Crippen LogP contribution is -2.13. The van der Waals surface area contributed by atoms with Crippen LogP contribution in [0.1, 0.15) is 30.5 Å². The van der Waals surface area contributed by atoms with Crippen molar-refractivity contribution in [2.75, 3.05) is 5.32 Å². The van der Waals surface area contributed by atoms with Gasteiger partial charge in [0.1, 0.15) is 16.6 Å². The van der Waals surface area contributed by atoms with E-state index in [1.165, 1.54) is 11.3 Å². The lowest BCUT2D eigenvalue weighted by atomic mass is 10.2. The van der Waals surface area contributed by atoms with E-state index in [9.17, 15) is 10.1 Å². The Kier molecular flexibility index (Phi) is 5.84. The van der Waals surface area contributed by atoms with Crippen molar-refractivity contribution < 1.29 is 4.79 Å². The highest BCUT2D eigenvalue weighted by Crippen LogP contribution is 2.23. The van der Waals surface area contributed by atoms with Crippen molar-refractivity contribution >= 4 is 44.4 Å². The van der Waals surface area contributed by atoms with Crippen molar-refractivity contribution in [3.63, 3.8) is 0 Å².